The SMILES string of the molecule is O.O.O.O.O.O.O.O.O.O[B-]1(O)OCc2ccccc21.O[B-]1(O)OCc2ccccc21.O[B-]1(O)OCc2ccccc21.O[B-]1(O)OCc2ccccc21.[Mg+2].[Mg+2].[OH-].[OH-].[OH-].[OH-].[OH-]. The molecule has 8 rings (SSSR count). The van der Waals surface area contributed by atoms with E-state index in [9.17, 15) is 40.2 Å². The minimum atomic E-state index is -2.70. The van der Waals surface area contributed by atoms with Crippen molar-refractivity contribution in [2.75, 3.05) is 0 Å². The van der Waals surface area contributed by atoms with E-state index in [4.69, 9.17) is 18.6 Å². The Hall–Kier alpha value is -2.37. The van der Waals surface area contributed by atoms with Gasteiger partial charge in [0.05, 0.1) is 0 Å². The molecule has 0 amide bonds. The summed E-state index contributed by atoms with van der Waals surface area (Å²) in [5.74, 6) is 0. The molecule has 0 fully saturated rings. The first-order chi connectivity index (χ1) is 20.8. The second-order valence-corrected chi connectivity index (χ2v) is 10.8. The average Bonchev–Trinajstić information content (AvgIpc) is 3.71. The molecule has 4 aliphatic heterocycles. The summed E-state index contributed by atoms with van der Waals surface area (Å²) in [6.45, 7) is -9.61. The van der Waals surface area contributed by atoms with Gasteiger partial charge in [-0.25, -0.2) is 0 Å². The molecule has 0 radical (unpaired) electrons. The van der Waals surface area contributed by atoms with Crippen molar-refractivity contribution in [1.29, 1.82) is 0 Å². The fraction of sp³-hybridized carbons (Fsp3) is 0.143. The molecule has 60 heavy (non-hydrogen) atoms. The van der Waals surface area contributed by atoms with Gasteiger partial charge in [0.15, 0.2) is 0 Å². The van der Waals surface area contributed by atoms with Gasteiger partial charge in [0, 0.05) is 26.4 Å². The fourth-order valence-electron chi connectivity index (χ4n) is 5.31. The van der Waals surface area contributed by atoms with Crippen molar-refractivity contribution in [1.82, 2.24) is 0 Å². The van der Waals surface area contributed by atoms with Crippen molar-refractivity contribution in [3.05, 3.63) is 119 Å². The third-order valence-electron chi connectivity index (χ3n) is 7.73. The molecule has 0 bridgehead atoms. The van der Waals surface area contributed by atoms with Gasteiger partial charge in [-0.1, -0.05) is 119 Å². The summed E-state index contributed by atoms with van der Waals surface area (Å²) in [6, 6.07) is 28.4. The van der Waals surface area contributed by atoms with Crippen molar-refractivity contribution >= 4 is 95.0 Å². The Morgan fingerprint density at radius 1 is 0.283 bits per heavy atom. The Morgan fingerprint density at radius 2 is 0.417 bits per heavy atom. The van der Waals surface area contributed by atoms with E-state index < -0.39 is 27.0 Å². The van der Waals surface area contributed by atoms with Crippen molar-refractivity contribution in [3.63, 3.8) is 0 Å². The van der Waals surface area contributed by atoms with Crippen LogP contribution in [0, 0.1) is 0 Å². The number of hydrogen-bond acceptors (Lipinski definition) is 17. The Morgan fingerprint density at radius 3 is 0.550 bits per heavy atom. The van der Waals surface area contributed by atoms with E-state index in [1.54, 1.807) is 48.5 Å². The smallest absolute Gasteiger partial charge is 0.870 e. The summed E-state index contributed by atoms with van der Waals surface area (Å²) in [5, 5.41) is 73.9. The Kier molecular flexibility index (Phi) is 53.5. The first kappa shape index (κ1) is 88.8. The molecule has 4 aromatic carbocycles. The van der Waals surface area contributed by atoms with Crippen LogP contribution >= 0.6 is 0 Å². The molecule has 32 heteroatoms. The van der Waals surface area contributed by atoms with Crippen molar-refractivity contribution in [2.45, 2.75) is 26.4 Å². The standard InChI is InChI=1S/4C7H8BO3.2Mg.14H2O/c4*9-8(10)7-4-2-1-3-6(7)5-11-8;;;;;;;;;;;;;;;;/h4*1-4,9-10H,5H2;;;14*1H2/q4*-1;2*+2;;;;;;;;;;;;;;/p-5. The third-order valence-corrected chi connectivity index (χ3v) is 7.73. The number of rotatable bonds is 0. The maximum Gasteiger partial charge on any atom is 2.00 e. The van der Waals surface area contributed by atoms with E-state index in [-0.39, 0.29) is 123 Å². The average molecular weight is 900 g/mol. The topological polar surface area (TPSA) is 632 Å². The van der Waals surface area contributed by atoms with Gasteiger partial charge in [0.2, 0.25) is 0 Å². The van der Waals surface area contributed by atoms with Gasteiger partial charge in [-0.3, -0.25) is 0 Å². The summed E-state index contributed by atoms with van der Waals surface area (Å²) in [4.78, 5) is 0. The van der Waals surface area contributed by atoms with Crippen molar-refractivity contribution in [3.8, 4) is 0 Å². The van der Waals surface area contributed by atoms with Gasteiger partial charge in [0.25, 0.3) is 0 Å². The molecular formula is C28H55B4Mg2O26-5. The van der Waals surface area contributed by atoms with E-state index in [1.165, 1.54) is 0 Å². The minimum absolute atomic E-state index is 0. The fourth-order valence-corrected chi connectivity index (χ4v) is 5.31. The summed E-state index contributed by atoms with van der Waals surface area (Å²) in [6.07, 6.45) is 0. The zero-order valence-electron chi connectivity index (χ0n) is 31.7. The summed E-state index contributed by atoms with van der Waals surface area (Å²) in [7, 11) is 0. The van der Waals surface area contributed by atoms with Crippen LogP contribution in [0.15, 0.2) is 97.1 Å². The minimum Gasteiger partial charge on any atom is -0.870 e. The van der Waals surface area contributed by atoms with Gasteiger partial charge in [0.1, 0.15) is 0 Å². The van der Waals surface area contributed by atoms with Crippen LogP contribution in [-0.4, -0.2) is 190 Å². The second kappa shape index (κ2) is 36.1. The third kappa shape index (κ3) is 20.7. The Bertz CT molecular complexity index is 1410. The van der Waals surface area contributed by atoms with E-state index in [1.807, 2.05) is 48.5 Å². The van der Waals surface area contributed by atoms with Crippen LogP contribution in [0.5, 0.6) is 0 Å². The van der Waals surface area contributed by atoms with Gasteiger partial charge in [-0.15, -0.1) is 21.9 Å². The maximum absolute atomic E-state index is 9.24. The van der Waals surface area contributed by atoms with Crippen LogP contribution in [0.2, 0.25) is 0 Å². The van der Waals surface area contributed by atoms with Crippen LogP contribution in [0.1, 0.15) is 22.3 Å². The van der Waals surface area contributed by atoms with E-state index in [2.05, 4.69) is 0 Å². The van der Waals surface area contributed by atoms with Gasteiger partial charge >= 0.3 is 73.1 Å². The maximum atomic E-state index is 9.24. The quantitative estimate of drug-likeness (QED) is 0.0760. The molecule has 26 nitrogen and oxygen atoms in total. The molecular weight excluding hydrogens is 844 g/mol. The molecule has 0 unspecified atom stereocenters. The van der Waals surface area contributed by atoms with Crippen LogP contribution in [-0.2, 0) is 45.0 Å². The van der Waals surface area contributed by atoms with Crippen LogP contribution in [0.25, 0.3) is 0 Å². The predicted octanol–water partition coefficient (Wildman–Crippen LogP) is -11.7. The zero-order valence-corrected chi connectivity index (χ0v) is 34.6. The predicted molar refractivity (Wildman–Crippen MR) is 218 cm³/mol. The molecule has 0 aliphatic carbocycles. The van der Waals surface area contributed by atoms with Crippen LogP contribution in [0.3, 0.4) is 0 Å². The first-order valence-corrected chi connectivity index (χ1v) is 14.0. The van der Waals surface area contributed by atoms with E-state index in [0.29, 0.717) is 48.3 Å². The monoisotopic (exact) mass is 899 g/mol. The second-order valence-electron chi connectivity index (χ2n) is 10.8. The van der Waals surface area contributed by atoms with Crippen LogP contribution < -0.4 is 21.9 Å². The first-order valence-electron chi connectivity index (χ1n) is 14.0. The molecule has 0 aromatic heterocycles. The molecule has 31 N–H and O–H groups in total. The normalized spacial score (nSPS) is 14.5. The molecule has 344 valence electrons. The Labute approximate surface area is 374 Å². The molecule has 0 saturated carbocycles. The largest absolute Gasteiger partial charge is 2.00 e. The Balaban J connectivity index is -0.0000000470. The zero-order chi connectivity index (χ0) is 31.6. The number of benzene rings is 4. The summed E-state index contributed by atoms with van der Waals surface area (Å²) >= 11 is 0. The molecule has 4 aliphatic rings. The summed E-state index contributed by atoms with van der Waals surface area (Å²) in [5.41, 5.74) is 5.46. The molecule has 4 aromatic rings. The van der Waals surface area contributed by atoms with Gasteiger partial charge < -0.3 is 135 Å². The number of hydrogen-bond donors (Lipinski definition) is 8. The van der Waals surface area contributed by atoms with E-state index >= 15 is 0 Å². The number of fused-ring (bicyclic) bond motifs is 4. The van der Waals surface area contributed by atoms with Gasteiger partial charge in [-0.05, 0) is 0 Å². The van der Waals surface area contributed by atoms with E-state index in [0.717, 1.165) is 22.3 Å². The molecule has 0 saturated heterocycles. The molecule has 4 heterocycles. The van der Waals surface area contributed by atoms with Crippen molar-refractivity contribution < 1.29 is 135 Å². The van der Waals surface area contributed by atoms with Crippen LogP contribution in [0.4, 0.5) is 0 Å². The molecule has 0 spiro atoms. The summed E-state index contributed by atoms with van der Waals surface area (Å²) < 4.78 is 19.1. The van der Waals surface area contributed by atoms with Crippen molar-refractivity contribution in [2.24, 2.45) is 0 Å². The molecule has 0 atom stereocenters. The van der Waals surface area contributed by atoms with Gasteiger partial charge in [-0.2, -0.15) is 0 Å².